The number of hydrogen-bond acceptors (Lipinski definition) is 3. The number of carbonyl (C=O) groups is 1. The maximum Gasteiger partial charge on any atom is 0.243 e. The summed E-state index contributed by atoms with van der Waals surface area (Å²) in [6, 6.07) is 13.9. The van der Waals surface area contributed by atoms with Crippen LogP contribution in [0, 0.1) is 0 Å². The van der Waals surface area contributed by atoms with Crippen molar-refractivity contribution in [3.63, 3.8) is 0 Å². The maximum atomic E-state index is 12.8. The molecule has 1 fully saturated rings. The lowest BCUT2D eigenvalue weighted by molar-refractivity contribution is -0.917. The van der Waals surface area contributed by atoms with Crippen molar-refractivity contribution < 1.29 is 18.1 Å². The molecule has 0 bridgehead atoms. The first kappa shape index (κ1) is 19.0. The van der Waals surface area contributed by atoms with Crippen molar-refractivity contribution in [2.45, 2.75) is 18.4 Å². The van der Waals surface area contributed by atoms with Crippen molar-refractivity contribution >= 4 is 27.4 Å². The van der Waals surface area contributed by atoms with Gasteiger partial charge in [-0.1, -0.05) is 41.9 Å². The number of ketones is 1. The largest absolute Gasteiger partial charge is 0.329 e. The number of hydrogen-bond donors (Lipinski definition) is 1. The van der Waals surface area contributed by atoms with E-state index in [4.69, 9.17) is 11.6 Å². The second-order valence-electron chi connectivity index (χ2n) is 6.50. The van der Waals surface area contributed by atoms with Gasteiger partial charge >= 0.3 is 0 Å². The molecule has 1 N–H and O–H groups in total. The number of piperazine rings is 1. The molecule has 0 saturated carbocycles. The van der Waals surface area contributed by atoms with Gasteiger partial charge in [0.15, 0.2) is 5.78 Å². The van der Waals surface area contributed by atoms with Gasteiger partial charge in [-0.25, -0.2) is 8.42 Å². The predicted octanol–water partition coefficient (Wildman–Crippen LogP) is 1.63. The Labute approximate surface area is 159 Å². The first-order valence-electron chi connectivity index (χ1n) is 8.56. The summed E-state index contributed by atoms with van der Waals surface area (Å²) in [6.45, 7) is 4.66. The minimum Gasteiger partial charge on any atom is -0.329 e. The topological polar surface area (TPSA) is 58.9 Å². The van der Waals surface area contributed by atoms with E-state index in [0.717, 1.165) is 30.2 Å². The second kappa shape index (κ2) is 7.88. The third kappa shape index (κ3) is 4.15. The summed E-state index contributed by atoms with van der Waals surface area (Å²) in [5, 5.41) is 0.751. The normalized spacial score (nSPS) is 16.5. The van der Waals surface area contributed by atoms with Crippen LogP contribution in [0.25, 0.3) is 0 Å². The van der Waals surface area contributed by atoms with Crippen molar-refractivity contribution in [2.24, 2.45) is 0 Å². The summed E-state index contributed by atoms with van der Waals surface area (Å²) in [5.74, 6) is -0.0780. The van der Waals surface area contributed by atoms with Crippen molar-refractivity contribution in [1.29, 1.82) is 0 Å². The molecule has 1 aliphatic heterocycles. The lowest BCUT2D eigenvalue weighted by atomic mass is 10.2. The van der Waals surface area contributed by atoms with Gasteiger partial charge in [0.1, 0.15) is 6.54 Å². The van der Waals surface area contributed by atoms with Gasteiger partial charge in [-0.05, 0) is 25.1 Å². The molecule has 138 valence electrons. The molecule has 0 aromatic heterocycles. The fourth-order valence-corrected chi connectivity index (χ4v) is 4.79. The average Bonchev–Trinajstić information content (AvgIpc) is 2.64. The molecule has 0 spiro atoms. The molecular weight excluding hydrogens is 372 g/mol. The SMILES string of the molecule is CC(=O)c1ccc(S(=O)(=O)N2CC[NH+](Cc3ccccc3Cl)CC2)cc1. The van der Waals surface area contributed by atoms with Crippen molar-refractivity contribution in [2.75, 3.05) is 26.2 Å². The lowest BCUT2D eigenvalue weighted by Gasteiger charge is -2.31. The van der Waals surface area contributed by atoms with Crippen LogP contribution >= 0.6 is 11.6 Å². The van der Waals surface area contributed by atoms with Crippen molar-refractivity contribution in [3.8, 4) is 0 Å². The van der Waals surface area contributed by atoms with E-state index in [2.05, 4.69) is 0 Å². The monoisotopic (exact) mass is 393 g/mol. The molecule has 0 aliphatic carbocycles. The Morgan fingerprint density at radius 1 is 1.08 bits per heavy atom. The molecule has 1 saturated heterocycles. The van der Waals surface area contributed by atoms with Gasteiger partial charge in [0.25, 0.3) is 0 Å². The van der Waals surface area contributed by atoms with Crippen molar-refractivity contribution in [1.82, 2.24) is 4.31 Å². The molecule has 0 unspecified atom stereocenters. The standard InChI is InChI=1S/C19H21ClN2O3S/c1-15(23)16-6-8-18(9-7-16)26(24,25)22-12-10-21(11-13-22)14-17-4-2-3-5-19(17)20/h2-9H,10-14H2,1H3/p+1. The number of nitrogens with zero attached hydrogens (tertiary/aromatic N) is 1. The quantitative estimate of drug-likeness (QED) is 0.785. The zero-order valence-electron chi connectivity index (χ0n) is 14.6. The highest BCUT2D eigenvalue weighted by molar-refractivity contribution is 7.89. The van der Waals surface area contributed by atoms with Crippen LogP contribution in [0.1, 0.15) is 22.8 Å². The van der Waals surface area contributed by atoms with E-state index >= 15 is 0 Å². The van der Waals surface area contributed by atoms with E-state index in [1.54, 1.807) is 12.1 Å². The van der Waals surface area contributed by atoms with Gasteiger partial charge in [0.05, 0.1) is 31.1 Å². The Morgan fingerprint density at radius 3 is 2.27 bits per heavy atom. The minimum atomic E-state index is -3.53. The highest BCUT2D eigenvalue weighted by atomic mass is 35.5. The molecule has 3 rings (SSSR count). The fourth-order valence-electron chi connectivity index (χ4n) is 3.14. The fraction of sp³-hybridized carbons (Fsp3) is 0.316. The van der Waals surface area contributed by atoms with Crippen molar-refractivity contribution in [3.05, 3.63) is 64.7 Å². The second-order valence-corrected chi connectivity index (χ2v) is 8.85. The molecule has 2 aromatic rings. The average molecular weight is 394 g/mol. The number of halogens is 1. The van der Waals surface area contributed by atoms with Crippen LogP contribution in [0.3, 0.4) is 0 Å². The maximum absolute atomic E-state index is 12.8. The number of carbonyl (C=O) groups excluding carboxylic acids is 1. The first-order chi connectivity index (χ1) is 12.4. The van der Waals surface area contributed by atoms with Gasteiger partial charge in [-0.15, -0.1) is 0 Å². The van der Waals surface area contributed by atoms with Crippen LogP contribution in [-0.2, 0) is 16.6 Å². The molecule has 5 nitrogen and oxygen atoms in total. The minimum absolute atomic E-state index is 0.0780. The van der Waals surface area contributed by atoms with Crippen LogP contribution < -0.4 is 4.90 Å². The number of quaternary nitrogens is 1. The predicted molar refractivity (Wildman–Crippen MR) is 101 cm³/mol. The Bertz CT molecular complexity index is 889. The summed E-state index contributed by atoms with van der Waals surface area (Å²) >= 11 is 6.22. The van der Waals surface area contributed by atoms with E-state index < -0.39 is 10.0 Å². The number of sulfonamides is 1. The molecule has 26 heavy (non-hydrogen) atoms. The van der Waals surface area contributed by atoms with E-state index in [-0.39, 0.29) is 10.7 Å². The Kier molecular flexibility index (Phi) is 5.77. The Balaban J connectivity index is 1.65. The molecule has 0 atom stereocenters. The van der Waals surface area contributed by atoms with Crippen LogP contribution in [0.2, 0.25) is 5.02 Å². The molecule has 1 aliphatic rings. The molecule has 7 heteroatoms. The van der Waals surface area contributed by atoms with Gasteiger partial charge in [-0.3, -0.25) is 4.79 Å². The summed E-state index contributed by atoms with van der Waals surface area (Å²) in [7, 11) is -3.53. The highest BCUT2D eigenvalue weighted by Gasteiger charge is 2.30. The van der Waals surface area contributed by atoms with E-state index in [9.17, 15) is 13.2 Å². The van der Waals surface area contributed by atoms with Gasteiger partial charge in [0, 0.05) is 16.1 Å². The van der Waals surface area contributed by atoms with Crippen LogP contribution in [-0.4, -0.2) is 44.7 Å². The van der Waals surface area contributed by atoms with Crippen LogP contribution in [0.15, 0.2) is 53.4 Å². The zero-order valence-corrected chi connectivity index (χ0v) is 16.2. The van der Waals surface area contributed by atoms with E-state index in [0.29, 0.717) is 18.7 Å². The van der Waals surface area contributed by atoms with E-state index in [1.807, 2.05) is 24.3 Å². The summed E-state index contributed by atoms with van der Waals surface area (Å²) in [4.78, 5) is 12.9. The van der Waals surface area contributed by atoms with Gasteiger partial charge in [-0.2, -0.15) is 4.31 Å². The molecular formula is C19H22ClN2O3S+. The molecule has 0 radical (unpaired) electrons. The van der Waals surface area contributed by atoms with Gasteiger partial charge in [0.2, 0.25) is 10.0 Å². The number of Topliss-reactive ketones (excluding diaryl/α,β-unsaturated/α-hetero) is 1. The van der Waals surface area contributed by atoms with Crippen LogP contribution in [0.5, 0.6) is 0 Å². The van der Waals surface area contributed by atoms with Crippen LogP contribution in [0.4, 0.5) is 0 Å². The zero-order chi connectivity index (χ0) is 18.7. The summed E-state index contributed by atoms with van der Waals surface area (Å²) < 4.78 is 27.1. The van der Waals surface area contributed by atoms with E-state index in [1.165, 1.54) is 28.3 Å². The summed E-state index contributed by atoms with van der Waals surface area (Å²) in [6.07, 6.45) is 0. The Hall–Kier alpha value is -1.73. The molecule has 2 aromatic carbocycles. The van der Waals surface area contributed by atoms with Gasteiger partial charge < -0.3 is 4.90 Å². The molecule has 0 amide bonds. The third-order valence-electron chi connectivity index (χ3n) is 4.73. The first-order valence-corrected chi connectivity index (χ1v) is 10.4. The highest BCUT2D eigenvalue weighted by Crippen LogP contribution is 2.17. The third-order valence-corrected chi connectivity index (χ3v) is 7.01. The lowest BCUT2D eigenvalue weighted by Crippen LogP contribution is -3.13. The summed E-state index contributed by atoms with van der Waals surface area (Å²) in [5.41, 5.74) is 1.60. The number of nitrogens with one attached hydrogen (secondary N) is 1. The molecule has 1 heterocycles. The number of benzene rings is 2. The smallest absolute Gasteiger partial charge is 0.243 e. The Morgan fingerprint density at radius 2 is 1.69 bits per heavy atom. The number of rotatable bonds is 5.